The van der Waals surface area contributed by atoms with Crippen molar-refractivity contribution in [3.63, 3.8) is 0 Å². The van der Waals surface area contributed by atoms with Crippen molar-refractivity contribution in [2.45, 2.75) is 6.18 Å². The van der Waals surface area contributed by atoms with Crippen molar-refractivity contribution in [3.8, 4) is 0 Å². The molecule has 0 amide bonds. The van der Waals surface area contributed by atoms with Crippen LogP contribution in [-0.4, -0.2) is 14.5 Å². The molecular weight excluding hydrogens is 317 g/mol. The second-order valence-corrected chi connectivity index (χ2v) is 5.60. The lowest BCUT2D eigenvalue weighted by Gasteiger charge is -2.08. The first-order valence-corrected chi connectivity index (χ1v) is 7.30. The number of anilines is 2. The minimum atomic E-state index is -4.37. The van der Waals surface area contributed by atoms with Gasteiger partial charge in [0.15, 0.2) is 0 Å². The summed E-state index contributed by atoms with van der Waals surface area (Å²) in [6.07, 6.45) is -2.52. The monoisotopic (exact) mass is 330 g/mol. The van der Waals surface area contributed by atoms with Gasteiger partial charge in [0, 0.05) is 24.4 Å². The second-order valence-electron chi connectivity index (χ2n) is 5.60. The highest BCUT2D eigenvalue weighted by Crippen LogP contribution is 2.32. The number of benzene rings is 2. The predicted octanol–water partition coefficient (Wildman–Crippen LogP) is 4.82. The van der Waals surface area contributed by atoms with Crippen LogP contribution in [0.15, 0.2) is 48.7 Å². The van der Waals surface area contributed by atoms with Gasteiger partial charge in [-0.3, -0.25) is 0 Å². The zero-order valence-electron chi connectivity index (χ0n) is 12.6. The van der Waals surface area contributed by atoms with Gasteiger partial charge in [-0.15, -0.1) is 0 Å². The topological polar surface area (TPSA) is 45.6 Å². The van der Waals surface area contributed by atoms with Gasteiger partial charge in [-0.25, -0.2) is 4.98 Å². The zero-order chi connectivity index (χ0) is 16.9. The summed E-state index contributed by atoms with van der Waals surface area (Å²) in [4.78, 5) is 7.49. The molecular formula is C17H13F3N4. The Balaban J connectivity index is 1.75. The maximum Gasteiger partial charge on any atom is 0.416 e. The first-order chi connectivity index (χ1) is 11.4. The summed E-state index contributed by atoms with van der Waals surface area (Å²) >= 11 is 0. The standard InChI is InChI=1S/C17H13F3N4/c1-24-15-8-11(17(18,19)20)3-5-13(15)23-16(24)22-12-4-2-10-6-7-21-14(10)9-12/h2-9,21H,1H3,(H,22,23). The quantitative estimate of drug-likeness (QED) is 0.554. The third kappa shape index (κ3) is 2.38. The van der Waals surface area contributed by atoms with E-state index in [1.807, 2.05) is 30.5 Å². The predicted molar refractivity (Wildman–Crippen MR) is 87.3 cm³/mol. The average molecular weight is 330 g/mol. The highest BCUT2D eigenvalue weighted by atomic mass is 19.4. The van der Waals surface area contributed by atoms with Crippen LogP contribution in [0.1, 0.15) is 5.56 Å². The molecule has 7 heteroatoms. The fourth-order valence-electron chi connectivity index (χ4n) is 2.73. The lowest BCUT2D eigenvalue weighted by molar-refractivity contribution is -0.137. The fourth-order valence-corrected chi connectivity index (χ4v) is 2.73. The molecule has 2 N–H and O–H groups in total. The molecule has 122 valence electrons. The third-order valence-corrected chi connectivity index (χ3v) is 4.02. The van der Waals surface area contributed by atoms with E-state index < -0.39 is 11.7 Å². The highest BCUT2D eigenvalue weighted by Gasteiger charge is 2.31. The van der Waals surface area contributed by atoms with Gasteiger partial charge in [0.1, 0.15) is 0 Å². The molecule has 4 aromatic rings. The van der Waals surface area contributed by atoms with Crippen LogP contribution in [0.25, 0.3) is 21.9 Å². The second kappa shape index (κ2) is 5.02. The molecule has 0 radical (unpaired) electrons. The molecule has 0 fully saturated rings. The number of H-pyrrole nitrogens is 1. The van der Waals surface area contributed by atoms with Gasteiger partial charge < -0.3 is 14.9 Å². The van der Waals surface area contributed by atoms with Crippen molar-refractivity contribution in [2.24, 2.45) is 7.05 Å². The van der Waals surface area contributed by atoms with Crippen LogP contribution < -0.4 is 5.32 Å². The maximum absolute atomic E-state index is 12.9. The van der Waals surface area contributed by atoms with Crippen LogP contribution >= 0.6 is 0 Å². The minimum absolute atomic E-state index is 0.424. The van der Waals surface area contributed by atoms with Gasteiger partial charge in [0.2, 0.25) is 5.95 Å². The van der Waals surface area contributed by atoms with Crippen molar-refractivity contribution in [3.05, 3.63) is 54.2 Å². The number of imidazole rings is 1. The summed E-state index contributed by atoms with van der Waals surface area (Å²) in [6, 6.07) is 11.3. The number of alkyl halides is 3. The Labute approximate surface area is 134 Å². The molecule has 0 aliphatic rings. The maximum atomic E-state index is 12.9. The van der Waals surface area contributed by atoms with Crippen molar-refractivity contribution >= 4 is 33.6 Å². The van der Waals surface area contributed by atoms with E-state index in [-0.39, 0.29) is 0 Å². The van der Waals surface area contributed by atoms with Gasteiger partial charge in [-0.05, 0) is 41.8 Å². The van der Waals surface area contributed by atoms with Gasteiger partial charge in [-0.2, -0.15) is 13.2 Å². The van der Waals surface area contributed by atoms with E-state index in [9.17, 15) is 13.2 Å². The van der Waals surface area contributed by atoms with E-state index in [1.54, 1.807) is 11.6 Å². The van der Waals surface area contributed by atoms with Crippen LogP contribution in [0.3, 0.4) is 0 Å². The molecule has 0 aliphatic carbocycles. The number of nitrogens with zero attached hydrogens (tertiary/aromatic N) is 2. The van der Waals surface area contributed by atoms with Gasteiger partial charge in [-0.1, -0.05) is 6.07 Å². The van der Waals surface area contributed by atoms with E-state index >= 15 is 0 Å². The Hall–Kier alpha value is -2.96. The minimum Gasteiger partial charge on any atom is -0.361 e. The number of rotatable bonds is 2. The summed E-state index contributed by atoms with van der Waals surface area (Å²) in [7, 11) is 1.69. The molecule has 0 saturated carbocycles. The van der Waals surface area contributed by atoms with Crippen LogP contribution in [0.5, 0.6) is 0 Å². The fraction of sp³-hybridized carbons (Fsp3) is 0.118. The van der Waals surface area contributed by atoms with E-state index in [2.05, 4.69) is 15.3 Å². The molecule has 24 heavy (non-hydrogen) atoms. The third-order valence-electron chi connectivity index (χ3n) is 4.02. The average Bonchev–Trinajstić information content (AvgIpc) is 3.11. The summed E-state index contributed by atoms with van der Waals surface area (Å²) in [5, 5.41) is 4.24. The Morgan fingerprint density at radius 1 is 1.08 bits per heavy atom. The summed E-state index contributed by atoms with van der Waals surface area (Å²) in [5.41, 5.74) is 2.03. The zero-order valence-corrected chi connectivity index (χ0v) is 12.6. The molecule has 2 heterocycles. The number of aryl methyl sites for hydroxylation is 1. The van der Waals surface area contributed by atoms with Gasteiger partial charge in [0.25, 0.3) is 0 Å². The number of nitrogens with one attached hydrogen (secondary N) is 2. The van der Waals surface area contributed by atoms with Crippen LogP contribution in [0, 0.1) is 0 Å². The lowest BCUT2D eigenvalue weighted by Crippen LogP contribution is -2.05. The van der Waals surface area contributed by atoms with E-state index in [0.29, 0.717) is 17.0 Å². The summed E-state index contributed by atoms with van der Waals surface area (Å²) < 4.78 is 40.2. The number of hydrogen-bond acceptors (Lipinski definition) is 2. The molecule has 0 atom stereocenters. The molecule has 0 saturated heterocycles. The lowest BCUT2D eigenvalue weighted by atomic mass is 10.2. The summed E-state index contributed by atoms with van der Waals surface area (Å²) in [6.45, 7) is 0. The van der Waals surface area contributed by atoms with E-state index in [0.717, 1.165) is 28.7 Å². The molecule has 0 aliphatic heterocycles. The molecule has 0 bridgehead atoms. The highest BCUT2D eigenvalue weighted by molar-refractivity contribution is 5.85. The van der Waals surface area contributed by atoms with Crippen molar-refractivity contribution in [1.82, 2.24) is 14.5 Å². The van der Waals surface area contributed by atoms with Gasteiger partial charge >= 0.3 is 6.18 Å². The van der Waals surface area contributed by atoms with Crippen LogP contribution in [-0.2, 0) is 13.2 Å². The Morgan fingerprint density at radius 2 is 1.92 bits per heavy atom. The van der Waals surface area contributed by atoms with Crippen molar-refractivity contribution in [1.29, 1.82) is 0 Å². The molecule has 2 aromatic carbocycles. The largest absolute Gasteiger partial charge is 0.416 e. The smallest absolute Gasteiger partial charge is 0.361 e. The number of halogens is 3. The number of fused-ring (bicyclic) bond motifs is 2. The SMILES string of the molecule is Cn1c(Nc2ccc3cc[nH]c3c2)nc2ccc(C(F)(F)F)cc21. The van der Waals surface area contributed by atoms with Crippen molar-refractivity contribution < 1.29 is 13.2 Å². The number of aromatic nitrogens is 3. The van der Waals surface area contributed by atoms with Crippen molar-refractivity contribution in [2.75, 3.05) is 5.32 Å². The van der Waals surface area contributed by atoms with Crippen LogP contribution in [0.2, 0.25) is 0 Å². The Bertz CT molecular complexity index is 1040. The normalized spacial score (nSPS) is 12.2. The first-order valence-electron chi connectivity index (χ1n) is 7.30. The number of hydrogen-bond donors (Lipinski definition) is 2. The van der Waals surface area contributed by atoms with E-state index in [1.165, 1.54) is 6.07 Å². The summed E-state index contributed by atoms with van der Waals surface area (Å²) in [5.74, 6) is 0.482. The Morgan fingerprint density at radius 3 is 2.71 bits per heavy atom. The van der Waals surface area contributed by atoms with Crippen LogP contribution in [0.4, 0.5) is 24.8 Å². The molecule has 0 unspecified atom stereocenters. The molecule has 4 rings (SSSR count). The first kappa shape index (κ1) is 14.6. The Kier molecular flexibility index (Phi) is 3.06. The molecule has 0 spiro atoms. The van der Waals surface area contributed by atoms with Gasteiger partial charge in [0.05, 0.1) is 16.6 Å². The molecule has 2 aromatic heterocycles. The van der Waals surface area contributed by atoms with E-state index in [4.69, 9.17) is 0 Å². The molecule has 4 nitrogen and oxygen atoms in total. The number of aromatic amines is 1.